The van der Waals surface area contributed by atoms with E-state index in [4.69, 9.17) is 4.74 Å². The Bertz CT molecular complexity index is 1290. The van der Waals surface area contributed by atoms with E-state index < -0.39 is 10.0 Å². The summed E-state index contributed by atoms with van der Waals surface area (Å²) in [6.45, 7) is 3.98. The molecule has 0 fully saturated rings. The van der Waals surface area contributed by atoms with E-state index in [-0.39, 0.29) is 23.5 Å². The third kappa shape index (κ3) is 5.28. The number of fused-ring (bicyclic) bond motifs is 1. The average Bonchev–Trinajstić information content (AvgIpc) is 2.83. The minimum absolute atomic E-state index is 0.159. The fourth-order valence-corrected chi connectivity index (χ4v) is 5.97. The maximum Gasteiger partial charge on any atom is 0.264 e. The number of anilines is 1. The molecule has 3 aromatic carbocycles. The molecule has 0 bridgehead atoms. The van der Waals surface area contributed by atoms with E-state index in [0.717, 1.165) is 34.1 Å². The second-order valence-electron chi connectivity index (χ2n) is 8.37. The number of sulfonamides is 1. The Labute approximate surface area is 209 Å². The molecule has 1 N–H and O–H groups in total. The van der Waals surface area contributed by atoms with E-state index >= 15 is 0 Å². The maximum atomic E-state index is 13.4. The number of para-hydroxylation sites is 1. The number of carbonyl (C=O) groups excluding carboxylic acids is 1. The summed E-state index contributed by atoms with van der Waals surface area (Å²) < 4.78 is 34.9. The van der Waals surface area contributed by atoms with Crippen LogP contribution in [-0.4, -0.2) is 27.5 Å². The molecule has 1 amide bonds. The lowest BCUT2D eigenvalue weighted by molar-refractivity contribution is -0.123. The molecular formula is C26H27BrN2O4S. The van der Waals surface area contributed by atoms with Gasteiger partial charge >= 0.3 is 0 Å². The van der Waals surface area contributed by atoms with Crippen molar-refractivity contribution in [1.29, 1.82) is 0 Å². The van der Waals surface area contributed by atoms with Gasteiger partial charge in [0.15, 0.2) is 6.61 Å². The molecule has 1 atom stereocenters. The number of ether oxygens (including phenoxy) is 1. The summed E-state index contributed by atoms with van der Waals surface area (Å²) in [5.41, 5.74) is 3.42. The number of nitrogens with one attached hydrogen (secondary N) is 1. The van der Waals surface area contributed by atoms with Crippen molar-refractivity contribution in [2.24, 2.45) is 0 Å². The fraction of sp³-hybridized carbons (Fsp3) is 0.269. The molecule has 178 valence electrons. The van der Waals surface area contributed by atoms with Gasteiger partial charge in [-0.15, -0.1) is 0 Å². The molecule has 1 heterocycles. The van der Waals surface area contributed by atoms with Crippen molar-refractivity contribution in [3.05, 3.63) is 87.9 Å². The highest BCUT2D eigenvalue weighted by Gasteiger charge is 2.29. The normalized spacial score (nSPS) is 14.3. The van der Waals surface area contributed by atoms with Crippen molar-refractivity contribution in [3.63, 3.8) is 0 Å². The van der Waals surface area contributed by atoms with Crippen LogP contribution in [-0.2, 0) is 21.2 Å². The molecule has 1 aliphatic rings. The van der Waals surface area contributed by atoms with Gasteiger partial charge in [0.2, 0.25) is 0 Å². The number of amides is 1. The summed E-state index contributed by atoms with van der Waals surface area (Å²) >= 11 is 3.40. The van der Waals surface area contributed by atoms with Crippen LogP contribution in [0, 0.1) is 6.92 Å². The number of nitrogens with zero attached hydrogens (tertiary/aromatic N) is 1. The van der Waals surface area contributed by atoms with Crippen LogP contribution in [0.1, 0.15) is 36.1 Å². The van der Waals surface area contributed by atoms with Crippen LogP contribution in [0.15, 0.2) is 76.1 Å². The minimum Gasteiger partial charge on any atom is -0.484 e. The van der Waals surface area contributed by atoms with Gasteiger partial charge in [0.05, 0.1) is 16.6 Å². The molecule has 4 rings (SSSR count). The molecule has 0 saturated carbocycles. The first-order chi connectivity index (χ1) is 16.3. The van der Waals surface area contributed by atoms with Crippen LogP contribution >= 0.6 is 15.9 Å². The van der Waals surface area contributed by atoms with Gasteiger partial charge in [-0.05, 0) is 79.8 Å². The zero-order valence-electron chi connectivity index (χ0n) is 19.1. The molecule has 0 spiro atoms. The topological polar surface area (TPSA) is 75.7 Å². The Balaban J connectivity index is 1.42. The number of halogens is 1. The van der Waals surface area contributed by atoms with Crippen molar-refractivity contribution in [2.75, 3.05) is 17.5 Å². The summed E-state index contributed by atoms with van der Waals surface area (Å²) in [4.78, 5) is 12.6. The standard InChI is InChI=1S/C26H27BrN2O4S/c1-18-16-23(34(31,32)29-15-5-7-21-6-3-4-8-24(21)29)13-14-25(18)33-17-26(30)28-19(2)20-9-11-22(27)12-10-20/h3-4,6,8-14,16,19H,5,7,15,17H2,1-2H3,(H,28,30)/t19-/m1/s1. The van der Waals surface area contributed by atoms with Gasteiger partial charge in [-0.25, -0.2) is 8.42 Å². The number of aryl methyl sites for hydroxylation is 2. The summed E-state index contributed by atoms with van der Waals surface area (Å²) in [5, 5.41) is 2.91. The zero-order valence-corrected chi connectivity index (χ0v) is 21.5. The van der Waals surface area contributed by atoms with Crippen LogP contribution in [0.3, 0.4) is 0 Å². The number of benzene rings is 3. The van der Waals surface area contributed by atoms with E-state index in [2.05, 4.69) is 21.2 Å². The van der Waals surface area contributed by atoms with Crippen molar-refractivity contribution >= 4 is 37.5 Å². The largest absolute Gasteiger partial charge is 0.484 e. The summed E-state index contributed by atoms with van der Waals surface area (Å²) in [5.74, 6) is 0.223. The third-order valence-electron chi connectivity index (χ3n) is 5.91. The highest BCUT2D eigenvalue weighted by molar-refractivity contribution is 9.10. The quantitative estimate of drug-likeness (QED) is 0.447. The van der Waals surface area contributed by atoms with Gasteiger partial charge in [0.1, 0.15) is 5.75 Å². The van der Waals surface area contributed by atoms with Gasteiger partial charge < -0.3 is 10.1 Å². The lowest BCUT2D eigenvalue weighted by Crippen LogP contribution is -2.35. The zero-order chi connectivity index (χ0) is 24.3. The molecule has 0 radical (unpaired) electrons. The molecule has 0 aromatic heterocycles. The molecule has 8 heteroatoms. The Morgan fingerprint density at radius 2 is 1.85 bits per heavy atom. The fourth-order valence-electron chi connectivity index (χ4n) is 4.08. The Morgan fingerprint density at radius 1 is 1.12 bits per heavy atom. The van der Waals surface area contributed by atoms with Gasteiger partial charge in [-0.2, -0.15) is 0 Å². The Hall–Kier alpha value is -2.84. The smallest absolute Gasteiger partial charge is 0.264 e. The van der Waals surface area contributed by atoms with Gasteiger partial charge in [-0.3, -0.25) is 9.10 Å². The summed E-state index contributed by atoms with van der Waals surface area (Å²) in [6, 6.07) is 20.0. The lowest BCUT2D eigenvalue weighted by atomic mass is 10.0. The van der Waals surface area contributed by atoms with Gasteiger partial charge in [-0.1, -0.05) is 46.3 Å². The first-order valence-electron chi connectivity index (χ1n) is 11.1. The van der Waals surface area contributed by atoms with Gasteiger partial charge in [0, 0.05) is 11.0 Å². The number of carbonyl (C=O) groups is 1. The first kappa shape index (κ1) is 24.3. The lowest BCUT2D eigenvalue weighted by Gasteiger charge is -2.30. The van der Waals surface area contributed by atoms with Crippen molar-refractivity contribution in [2.45, 2.75) is 37.6 Å². The third-order valence-corrected chi connectivity index (χ3v) is 8.25. The van der Waals surface area contributed by atoms with Crippen LogP contribution in [0.4, 0.5) is 5.69 Å². The predicted octanol–water partition coefficient (Wildman–Crippen LogP) is 5.16. The summed E-state index contributed by atoms with van der Waals surface area (Å²) in [7, 11) is -3.70. The van der Waals surface area contributed by atoms with E-state index in [9.17, 15) is 13.2 Å². The molecule has 6 nitrogen and oxygen atoms in total. The highest BCUT2D eigenvalue weighted by Crippen LogP contribution is 2.33. The summed E-state index contributed by atoms with van der Waals surface area (Å²) in [6.07, 6.45) is 1.65. The molecule has 1 aliphatic heterocycles. The highest BCUT2D eigenvalue weighted by atomic mass is 79.9. The molecule has 0 aliphatic carbocycles. The van der Waals surface area contributed by atoms with Crippen LogP contribution in [0.25, 0.3) is 0 Å². The second kappa shape index (κ2) is 10.2. The molecular weight excluding hydrogens is 516 g/mol. The Morgan fingerprint density at radius 3 is 2.59 bits per heavy atom. The van der Waals surface area contributed by atoms with Crippen molar-refractivity contribution in [1.82, 2.24) is 5.32 Å². The predicted molar refractivity (Wildman–Crippen MR) is 137 cm³/mol. The van der Waals surface area contributed by atoms with Crippen molar-refractivity contribution in [3.8, 4) is 5.75 Å². The minimum atomic E-state index is -3.70. The number of hydrogen-bond donors (Lipinski definition) is 1. The average molecular weight is 543 g/mol. The van der Waals surface area contributed by atoms with E-state index in [1.165, 1.54) is 10.4 Å². The number of hydrogen-bond acceptors (Lipinski definition) is 4. The van der Waals surface area contributed by atoms with E-state index in [1.807, 2.05) is 55.5 Å². The molecule has 0 unspecified atom stereocenters. The first-order valence-corrected chi connectivity index (χ1v) is 13.4. The molecule has 3 aromatic rings. The maximum absolute atomic E-state index is 13.4. The number of rotatable bonds is 7. The monoisotopic (exact) mass is 542 g/mol. The van der Waals surface area contributed by atoms with Crippen LogP contribution < -0.4 is 14.4 Å². The van der Waals surface area contributed by atoms with Crippen LogP contribution in [0.2, 0.25) is 0 Å². The van der Waals surface area contributed by atoms with E-state index in [0.29, 0.717) is 17.9 Å². The molecule has 0 saturated heterocycles. The van der Waals surface area contributed by atoms with Crippen LogP contribution in [0.5, 0.6) is 5.75 Å². The van der Waals surface area contributed by atoms with Gasteiger partial charge in [0.25, 0.3) is 15.9 Å². The van der Waals surface area contributed by atoms with Crippen molar-refractivity contribution < 1.29 is 17.9 Å². The molecule has 34 heavy (non-hydrogen) atoms. The Kier molecular flexibility index (Phi) is 7.28. The SMILES string of the molecule is Cc1cc(S(=O)(=O)N2CCCc3ccccc32)ccc1OCC(=O)N[C@H](C)c1ccc(Br)cc1. The second-order valence-corrected chi connectivity index (χ2v) is 11.1. The van der Waals surface area contributed by atoms with E-state index in [1.54, 1.807) is 19.1 Å².